The molecule has 1 aliphatic rings. The number of benzene rings is 2. The van der Waals surface area contributed by atoms with Gasteiger partial charge in [-0.15, -0.1) is 0 Å². The number of aliphatic hydroxyl groups excluding tert-OH is 1. The van der Waals surface area contributed by atoms with Crippen LogP contribution in [-0.2, 0) is 27.9 Å². The topological polar surface area (TPSA) is 94.8 Å². The molecular formula is C27H31N3O5S. The Kier molecular flexibility index (Phi) is 8.82. The summed E-state index contributed by atoms with van der Waals surface area (Å²) in [5, 5.41) is 13.1. The number of ether oxygens (including phenoxy) is 3. The molecule has 0 spiro atoms. The first-order valence-electron chi connectivity index (χ1n) is 11.7. The van der Waals surface area contributed by atoms with E-state index in [0.29, 0.717) is 11.4 Å². The number of nitrogens with zero attached hydrogens (tertiary/aromatic N) is 2. The van der Waals surface area contributed by atoms with Gasteiger partial charge in [0, 0.05) is 42.4 Å². The number of rotatable bonds is 9. The summed E-state index contributed by atoms with van der Waals surface area (Å²) in [6.07, 6.45) is 3.67. The number of hydrogen-bond acceptors (Lipinski definition) is 7. The third-order valence-corrected chi connectivity index (χ3v) is 7.16. The highest BCUT2D eigenvalue weighted by Crippen LogP contribution is 2.43. The quantitative estimate of drug-likeness (QED) is 0.301. The van der Waals surface area contributed by atoms with E-state index in [0.717, 1.165) is 21.8 Å². The normalized spacial score (nSPS) is 21.6. The van der Waals surface area contributed by atoms with E-state index in [1.54, 1.807) is 24.0 Å². The van der Waals surface area contributed by atoms with E-state index >= 15 is 0 Å². The van der Waals surface area contributed by atoms with E-state index in [1.165, 1.54) is 6.08 Å². The minimum atomic E-state index is -0.637. The van der Waals surface area contributed by atoms with Crippen LogP contribution in [-0.4, -0.2) is 39.2 Å². The molecule has 0 bridgehead atoms. The number of aromatic nitrogens is 2. The number of aliphatic hydroxyl groups is 1. The lowest BCUT2D eigenvalue weighted by molar-refractivity contribution is -0.268. The molecule has 4 unspecified atom stereocenters. The van der Waals surface area contributed by atoms with Gasteiger partial charge in [-0.2, -0.15) is 0 Å². The van der Waals surface area contributed by atoms with Crippen molar-refractivity contribution in [3.05, 3.63) is 90.3 Å². The zero-order valence-electron chi connectivity index (χ0n) is 20.4. The molecule has 8 nitrogen and oxygen atoms in total. The van der Waals surface area contributed by atoms with Gasteiger partial charge in [0.05, 0.1) is 18.8 Å². The molecule has 3 aromatic rings. The number of hydrogen-bond donors (Lipinski definition) is 2. The van der Waals surface area contributed by atoms with Crippen LogP contribution >= 0.6 is 11.8 Å². The third kappa shape index (κ3) is 6.36. The lowest BCUT2D eigenvalue weighted by Crippen LogP contribution is -2.38. The van der Waals surface area contributed by atoms with Crippen molar-refractivity contribution in [2.24, 2.45) is 13.0 Å². The van der Waals surface area contributed by atoms with Crippen LogP contribution in [0.25, 0.3) is 0 Å². The zero-order chi connectivity index (χ0) is 25.5. The van der Waals surface area contributed by atoms with E-state index in [9.17, 15) is 9.90 Å². The second-order valence-electron chi connectivity index (χ2n) is 8.59. The SMILES string of the molecule is C=CCOC(=O)Nc1cccc(C2OC(CSc3nccn3C)C(C)C(c3ccc(CO)cc3)O2)c1. The third-order valence-electron chi connectivity index (χ3n) is 6.01. The summed E-state index contributed by atoms with van der Waals surface area (Å²) < 4.78 is 20.0. The van der Waals surface area contributed by atoms with Crippen molar-refractivity contribution < 1.29 is 24.1 Å². The van der Waals surface area contributed by atoms with Crippen molar-refractivity contribution in [1.29, 1.82) is 0 Å². The lowest BCUT2D eigenvalue weighted by atomic mass is 9.91. The second kappa shape index (κ2) is 12.2. The average molecular weight is 510 g/mol. The molecule has 2 heterocycles. The van der Waals surface area contributed by atoms with Crippen LogP contribution in [0.4, 0.5) is 10.5 Å². The minimum Gasteiger partial charge on any atom is -0.445 e. The molecule has 1 aromatic heterocycles. The van der Waals surface area contributed by atoms with E-state index in [-0.39, 0.29) is 31.3 Å². The standard InChI is InChI=1S/C27H31N3O5S/c1-4-14-33-27(32)29-22-7-5-6-21(15-22)25-34-23(17-36-26-28-12-13-30(26)3)18(2)24(35-25)20-10-8-19(16-31)9-11-20/h4-13,15,18,23-25,31H,1,14,16-17H2,2-3H3,(H,29,32). The van der Waals surface area contributed by atoms with E-state index in [1.807, 2.05) is 60.3 Å². The van der Waals surface area contributed by atoms with Gasteiger partial charge in [-0.25, -0.2) is 9.78 Å². The van der Waals surface area contributed by atoms with Crippen LogP contribution in [0.3, 0.4) is 0 Å². The van der Waals surface area contributed by atoms with Crippen LogP contribution < -0.4 is 5.32 Å². The van der Waals surface area contributed by atoms with Gasteiger partial charge in [-0.3, -0.25) is 5.32 Å². The van der Waals surface area contributed by atoms with Gasteiger partial charge in [0.2, 0.25) is 0 Å². The first-order valence-corrected chi connectivity index (χ1v) is 12.7. The van der Waals surface area contributed by atoms with E-state index in [2.05, 4.69) is 23.8 Å². The number of carbonyl (C=O) groups excluding carboxylic acids is 1. The summed E-state index contributed by atoms with van der Waals surface area (Å²) in [7, 11) is 1.97. The number of anilines is 1. The molecule has 2 N–H and O–H groups in total. The smallest absolute Gasteiger partial charge is 0.411 e. The fraction of sp³-hybridized carbons (Fsp3) is 0.333. The van der Waals surface area contributed by atoms with Gasteiger partial charge in [0.1, 0.15) is 6.61 Å². The highest BCUT2D eigenvalue weighted by atomic mass is 32.2. The molecule has 0 aliphatic carbocycles. The summed E-state index contributed by atoms with van der Waals surface area (Å²) in [6.45, 7) is 5.79. The largest absolute Gasteiger partial charge is 0.445 e. The number of aryl methyl sites for hydroxylation is 1. The average Bonchev–Trinajstić information content (AvgIpc) is 3.31. The summed E-state index contributed by atoms with van der Waals surface area (Å²) >= 11 is 1.64. The van der Waals surface area contributed by atoms with E-state index < -0.39 is 12.4 Å². The van der Waals surface area contributed by atoms with Crippen LogP contribution in [0.5, 0.6) is 0 Å². The molecule has 1 saturated heterocycles. The molecule has 36 heavy (non-hydrogen) atoms. The van der Waals surface area contributed by atoms with Crippen LogP contribution in [0.1, 0.15) is 36.0 Å². The fourth-order valence-corrected chi connectivity index (χ4v) is 5.10. The van der Waals surface area contributed by atoms with Gasteiger partial charge < -0.3 is 23.9 Å². The molecule has 190 valence electrons. The lowest BCUT2D eigenvalue weighted by Gasteiger charge is -2.41. The van der Waals surface area contributed by atoms with Gasteiger partial charge in [0.25, 0.3) is 0 Å². The van der Waals surface area contributed by atoms with Crippen molar-refractivity contribution >= 4 is 23.5 Å². The monoisotopic (exact) mass is 509 g/mol. The Hall–Kier alpha value is -3.11. The summed E-state index contributed by atoms with van der Waals surface area (Å²) in [5.41, 5.74) is 3.23. The molecule has 1 amide bonds. The molecule has 4 atom stereocenters. The number of imidazole rings is 1. The maximum absolute atomic E-state index is 12.0. The molecule has 9 heteroatoms. The van der Waals surface area contributed by atoms with E-state index in [4.69, 9.17) is 14.2 Å². The zero-order valence-corrected chi connectivity index (χ0v) is 21.2. The predicted molar refractivity (Wildman–Crippen MR) is 139 cm³/mol. The Morgan fingerprint density at radius 2 is 2.06 bits per heavy atom. The Morgan fingerprint density at radius 1 is 1.25 bits per heavy atom. The fourth-order valence-electron chi connectivity index (χ4n) is 4.01. The molecule has 0 radical (unpaired) electrons. The number of nitrogens with one attached hydrogen (secondary N) is 1. The van der Waals surface area contributed by atoms with Crippen LogP contribution in [0, 0.1) is 5.92 Å². The molecule has 1 aliphatic heterocycles. The number of carbonyl (C=O) groups is 1. The van der Waals surface area contributed by atoms with Crippen molar-refractivity contribution in [2.45, 2.75) is 37.2 Å². The molecule has 4 rings (SSSR count). The summed E-state index contributed by atoms with van der Waals surface area (Å²) in [5.74, 6) is 0.757. The Morgan fingerprint density at radius 3 is 2.75 bits per heavy atom. The summed E-state index contributed by atoms with van der Waals surface area (Å²) in [6, 6.07) is 15.2. The first kappa shape index (κ1) is 26.0. The summed E-state index contributed by atoms with van der Waals surface area (Å²) in [4.78, 5) is 16.4. The second-order valence-corrected chi connectivity index (χ2v) is 9.58. The van der Waals surface area contributed by atoms with Crippen molar-refractivity contribution in [2.75, 3.05) is 17.7 Å². The highest BCUT2D eigenvalue weighted by molar-refractivity contribution is 7.99. The molecule has 1 fully saturated rings. The highest BCUT2D eigenvalue weighted by Gasteiger charge is 2.38. The van der Waals surface area contributed by atoms with Gasteiger partial charge in [-0.1, -0.05) is 67.7 Å². The minimum absolute atomic E-state index is 0.00888. The Balaban J connectivity index is 1.56. The molecule has 2 aromatic carbocycles. The maximum atomic E-state index is 12.0. The van der Waals surface area contributed by atoms with Gasteiger partial charge in [-0.05, 0) is 23.3 Å². The first-order chi connectivity index (χ1) is 17.5. The molecule has 0 saturated carbocycles. The van der Waals surface area contributed by atoms with Crippen molar-refractivity contribution in [3.8, 4) is 0 Å². The van der Waals surface area contributed by atoms with Crippen LogP contribution in [0.15, 0.2) is 78.7 Å². The maximum Gasteiger partial charge on any atom is 0.411 e. The van der Waals surface area contributed by atoms with Crippen molar-refractivity contribution in [3.63, 3.8) is 0 Å². The van der Waals surface area contributed by atoms with Crippen LogP contribution in [0.2, 0.25) is 0 Å². The predicted octanol–water partition coefficient (Wildman–Crippen LogP) is 5.23. The van der Waals surface area contributed by atoms with Gasteiger partial charge >= 0.3 is 6.09 Å². The Bertz CT molecular complexity index is 1170. The number of thioether (sulfide) groups is 1. The number of amides is 1. The van der Waals surface area contributed by atoms with Gasteiger partial charge in [0.15, 0.2) is 11.4 Å². The molecular weight excluding hydrogens is 478 g/mol. The van der Waals surface area contributed by atoms with Crippen molar-refractivity contribution in [1.82, 2.24) is 9.55 Å². The Labute approximate surface area is 215 Å².